The van der Waals surface area contributed by atoms with Crippen molar-refractivity contribution >= 4 is 10.0 Å². The predicted octanol–water partition coefficient (Wildman–Crippen LogP) is 2.12. The lowest BCUT2D eigenvalue weighted by atomic mass is 9.99. The highest BCUT2D eigenvalue weighted by atomic mass is 32.2. The molecule has 1 atom stereocenters. The summed E-state index contributed by atoms with van der Waals surface area (Å²) in [5.41, 5.74) is 2.38. The smallest absolute Gasteiger partial charge is 0.240 e. The Morgan fingerprint density at radius 1 is 1.17 bits per heavy atom. The summed E-state index contributed by atoms with van der Waals surface area (Å²) in [6, 6.07) is 14.5. The van der Waals surface area contributed by atoms with E-state index < -0.39 is 10.0 Å². The van der Waals surface area contributed by atoms with Crippen LogP contribution in [0.2, 0.25) is 0 Å². The first-order valence-corrected chi connectivity index (χ1v) is 8.89. The summed E-state index contributed by atoms with van der Waals surface area (Å²) < 4.78 is 38.1. The largest absolute Gasteiger partial charge is 0.497 e. The molecule has 1 aliphatic rings. The first-order chi connectivity index (χ1) is 11.1. The molecule has 0 amide bonds. The van der Waals surface area contributed by atoms with E-state index in [0.717, 1.165) is 0 Å². The van der Waals surface area contributed by atoms with Crippen LogP contribution < -0.4 is 9.46 Å². The van der Waals surface area contributed by atoms with Gasteiger partial charge in [-0.2, -0.15) is 0 Å². The molecule has 0 fully saturated rings. The predicted molar refractivity (Wildman–Crippen MR) is 86.9 cm³/mol. The zero-order chi connectivity index (χ0) is 16.3. The summed E-state index contributed by atoms with van der Waals surface area (Å²) in [5.74, 6) is 0.510. The Morgan fingerprint density at radius 2 is 1.96 bits per heavy atom. The van der Waals surface area contributed by atoms with Crippen LogP contribution in [-0.2, 0) is 27.8 Å². The molecule has 1 aliphatic heterocycles. The molecule has 0 radical (unpaired) electrons. The highest BCUT2D eigenvalue weighted by Crippen LogP contribution is 2.21. The molecule has 0 saturated carbocycles. The number of fused-ring (bicyclic) bond motifs is 1. The molecule has 3 rings (SSSR count). The van der Waals surface area contributed by atoms with Crippen molar-refractivity contribution in [1.29, 1.82) is 0 Å². The summed E-state index contributed by atoms with van der Waals surface area (Å²) >= 11 is 0. The van der Waals surface area contributed by atoms with Crippen molar-refractivity contribution in [3.8, 4) is 5.75 Å². The normalized spacial score (nSPS) is 17.5. The van der Waals surface area contributed by atoms with Gasteiger partial charge in [-0.25, -0.2) is 13.1 Å². The molecular formula is C17H19NO4S. The fourth-order valence-corrected chi connectivity index (χ4v) is 3.70. The van der Waals surface area contributed by atoms with E-state index in [9.17, 15) is 8.42 Å². The second-order valence-electron chi connectivity index (χ2n) is 5.44. The van der Waals surface area contributed by atoms with Crippen molar-refractivity contribution in [2.24, 2.45) is 0 Å². The first-order valence-electron chi connectivity index (χ1n) is 7.40. The average molecular weight is 333 g/mol. The lowest BCUT2D eigenvalue weighted by Crippen LogP contribution is -2.36. The van der Waals surface area contributed by atoms with E-state index in [4.69, 9.17) is 9.47 Å². The maximum Gasteiger partial charge on any atom is 0.240 e. The van der Waals surface area contributed by atoms with Gasteiger partial charge in [0.1, 0.15) is 5.75 Å². The van der Waals surface area contributed by atoms with Crippen LogP contribution in [0.25, 0.3) is 0 Å². The molecule has 5 nitrogen and oxygen atoms in total. The number of sulfonamides is 1. The summed E-state index contributed by atoms with van der Waals surface area (Å²) in [6.07, 6.45) is 0.543. The molecule has 2 aromatic carbocycles. The fourth-order valence-electron chi connectivity index (χ4n) is 2.59. The Morgan fingerprint density at radius 3 is 2.74 bits per heavy atom. The van der Waals surface area contributed by atoms with Crippen LogP contribution in [-0.4, -0.2) is 28.2 Å². The molecule has 6 heteroatoms. The van der Waals surface area contributed by atoms with E-state index >= 15 is 0 Å². The van der Waals surface area contributed by atoms with Crippen LogP contribution in [0.4, 0.5) is 0 Å². The molecule has 1 heterocycles. The Kier molecular flexibility index (Phi) is 4.66. The molecule has 0 aliphatic carbocycles. The number of hydrogen-bond acceptors (Lipinski definition) is 4. The van der Waals surface area contributed by atoms with Gasteiger partial charge in [-0.3, -0.25) is 0 Å². The summed E-state index contributed by atoms with van der Waals surface area (Å²) in [5, 5.41) is 0. The molecule has 0 spiro atoms. The van der Waals surface area contributed by atoms with Crippen LogP contribution in [0, 0.1) is 0 Å². The molecule has 0 bridgehead atoms. The van der Waals surface area contributed by atoms with E-state index in [-0.39, 0.29) is 17.5 Å². The van der Waals surface area contributed by atoms with Crippen LogP contribution in [0.5, 0.6) is 5.75 Å². The third-order valence-electron chi connectivity index (χ3n) is 3.89. The summed E-state index contributed by atoms with van der Waals surface area (Å²) in [7, 11) is -2.07. The lowest BCUT2D eigenvalue weighted by Gasteiger charge is -2.25. The first kappa shape index (κ1) is 16.0. The minimum absolute atomic E-state index is 0.162. The Balaban J connectivity index is 1.66. The third kappa shape index (κ3) is 3.72. The number of hydrogen-bond donors (Lipinski definition) is 1. The van der Waals surface area contributed by atoms with Gasteiger partial charge >= 0.3 is 0 Å². The molecule has 1 N–H and O–H groups in total. The van der Waals surface area contributed by atoms with Gasteiger partial charge in [0.15, 0.2) is 0 Å². The van der Waals surface area contributed by atoms with E-state index in [1.54, 1.807) is 18.2 Å². The quantitative estimate of drug-likeness (QED) is 0.910. The Bertz CT molecular complexity index is 789. The lowest BCUT2D eigenvalue weighted by molar-refractivity contribution is 0.0322. The van der Waals surface area contributed by atoms with Crippen molar-refractivity contribution in [3.63, 3.8) is 0 Å². The zero-order valence-electron chi connectivity index (χ0n) is 12.9. The maximum atomic E-state index is 12.4. The topological polar surface area (TPSA) is 64.6 Å². The van der Waals surface area contributed by atoms with Gasteiger partial charge < -0.3 is 9.47 Å². The monoisotopic (exact) mass is 333 g/mol. The van der Waals surface area contributed by atoms with E-state index in [0.29, 0.717) is 18.8 Å². The fraction of sp³-hybridized carbons (Fsp3) is 0.294. The average Bonchev–Trinajstić information content (AvgIpc) is 2.60. The van der Waals surface area contributed by atoms with E-state index in [1.807, 2.05) is 18.2 Å². The molecule has 23 heavy (non-hydrogen) atoms. The zero-order valence-corrected chi connectivity index (χ0v) is 13.7. The van der Waals surface area contributed by atoms with Gasteiger partial charge in [0.2, 0.25) is 10.0 Å². The van der Waals surface area contributed by atoms with Crippen LogP contribution >= 0.6 is 0 Å². The number of ether oxygens (including phenoxy) is 2. The standard InChI is InChI=1S/C17H19NO4S/c1-21-15-7-4-8-17(10-15)23(19,20)18-11-16-9-13-5-2-3-6-14(13)12-22-16/h2-8,10,16,18H,9,11-12H2,1H3. The van der Waals surface area contributed by atoms with Crippen molar-refractivity contribution < 1.29 is 17.9 Å². The highest BCUT2D eigenvalue weighted by Gasteiger charge is 2.22. The van der Waals surface area contributed by atoms with E-state index in [1.165, 1.54) is 24.3 Å². The van der Waals surface area contributed by atoms with Crippen LogP contribution in [0.3, 0.4) is 0 Å². The van der Waals surface area contributed by atoms with Crippen molar-refractivity contribution in [2.75, 3.05) is 13.7 Å². The number of methoxy groups -OCH3 is 1. The Hall–Kier alpha value is -1.89. The van der Waals surface area contributed by atoms with Gasteiger partial charge in [-0.1, -0.05) is 30.3 Å². The molecule has 122 valence electrons. The SMILES string of the molecule is COc1cccc(S(=O)(=O)NCC2Cc3ccccc3CO2)c1. The number of nitrogens with one attached hydrogen (secondary N) is 1. The van der Waals surface area contributed by atoms with Gasteiger partial charge in [0.25, 0.3) is 0 Å². The van der Waals surface area contributed by atoms with Gasteiger partial charge in [-0.05, 0) is 23.3 Å². The third-order valence-corrected chi connectivity index (χ3v) is 5.31. The van der Waals surface area contributed by atoms with Crippen LogP contribution in [0.15, 0.2) is 53.4 Å². The minimum atomic E-state index is -3.58. The molecule has 2 aromatic rings. The van der Waals surface area contributed by atoms with Gasteiger partial charge in [-0.15, -0.1) is 0 Å². The van der Waals surface area contributed by atoms with Crippen molar-refractivity contribution in [3.05, 3.63) is 59.7 Å². The number of benzene rings is 2. The van der Waals surface area contributed by atoms with Crippen molar-refractivity contribution in [2.45, 2.75) is 24.0 Å². The number of rotatable bonds is 5. The van der Waals surface area contributed by atoms with E-state index in [2.05, 4.69) is 10.8 Å². The molecular weight excluding hydrogens is 314 g/mol. The molecule has 0 saturated heterocycles. The second-order valence-corrected chi connectivity index (χ2v) is 7.20. The summed E-state index contributed by atoms with van der Waals surface area (Å²) in [6.45, 7) is 0.760. The second kappa shape index (κ2) is 6.70. The van der Waals surface area contributed by atoms with Crippen molar-refractivity contribution in [1.82, 2.24) is 4.72 Å². The van der Waals surface area contributed by atoms with Gasteiger partial charge in [0, 0.05) is 19.0 Å². The minimum Gasteiger partial charge on any atom is -0.497 e. The maximum absolute atomic E-state index is 12.4. The Labute approximate surface area is 136 Å². The van der Waals surface area contributed by atoms with Crippen LogP contribution in [0.1, 0.15) is 11.1 Å². The molecule has 0 aromatic heterocycles. The molecule has 1 unspecified atom stereocenters. The van der Waals surface area contributed by atoms with Gasteiger partial charge in [0.05, 0.1) is 24.7 Å². The summed E-state index contributed by atoms with van der Waals surface area (Å²) in [4.78, 5) is 0.188. The highest BCUT2D eigenvalue weighted by molar-refractivity contribution is 7.89.